The molecule has 8 nitrogen and oxygen atoms in total. The zero-order valence-electron chi connectivity index (χ0n) is 16.0. The summed E-state index contributed by atoms with van der Waals surface area (Å²) in [5.41, 5.74) is -0.0544. The van der Waals surface area contributed by atoms with Gasteiger partial charge in [-0.15, -0.1) is 4.98 Å². The molecule has 0 saturated carbocycles. The molecular formula is C19H28N4O4. The van der Waals surface area contributed by atoms with Crippen molar-refractivity contribution in [1.29, 1.82) is 0 Å². The predicted molar refractivity (Wildman–Crippen MR) is 100 cm³/mol. The van der Waals surface area contributed by atoms with E-state index in [1.54, 1.807) is 13.0 Å². The van der Waals surface area contributed by atoms with Gasteiger partial charge in [0.1, 0.15) is 5.69 Å². The van der Waals surface area contributed by atoms with E-state index in [1.807, 2.05) is 13.0 Å². The molecule has 1 aromatic heterocycles. The van der Waals surface area contributed by atoms with E-state index in [1.165, 1.54) is 0 Å². The molecule has 148 valence electrons. The molecule has 1 aromatic rings. The summed E-state index contributed by atoms with van der Waals surface area (Å²) in [6.07, 6.45) is 7.72. The number of nitrogens with zero attached hydrogens (tertiary/aromatic N) is 2. The van der Waals surface area contributed by atoms with E-state index in [2.05, 4.69) is 16.7 Å². The minimum atomic E-state index is -0.737. The third kappa shape index (κ3) is 4.22. The van der Waals surface area contributed by atoms with Crippen LogP contribution in [0.2, 0.25) is 0 Å². The number of rotatable bonds is 5. The summed E-state index contributed by atoms with van der Waals surface area (Å²) < 4.78 is 11.7. The van der Waals surface area contributed by atoms with Gasteiger partial charge in [0.05, 0.1) is 18.7 Å². The van der Waals surface area contributed by atoms with Gasteiger partial charge in [-0.25, -0.2) is 14.8 Å². The summed E-state index contributed by atoms with van der Waals surface area (Å²) in [7, 11) is 0. The standard InChI is InChI=1S/C19H28N4O4/c1-3-19(10-6-8-12-27-19)17-21-15(14-9-5-7-11-20-14)13-16(23(17)25)22-18(24)26-4-2/h5,9,13-14,20H,3-4,6-8,10-12H2,1-2H3,(H,22,24). The van der Waals surface area contributed by atoms with Gasteiger partial charge in [0.25, 0.3) is 5.82 Å². The summed E-state index contributed by atoms with van der Waals surface area (Å²) in [6.45, 7) is 5.37. The fourth-order valence-electron chi connectivity index (χ4n) is 3.61. The second-order valence-corrected chi connectivity index (χ2v) is 6.83. The van der Waals surface area contributed by atoms with Crippen molar-refractivity contribution in [3.8, 4) is 0 Å². The van der Waals surface area contributed by atoms with Crippen LogP contribution in [-0.4, -0.2) is 30.8 Å². The predicted octanol–water partition coefficient (Wildman–Crippen LogP) is 2.68. The minimum absolute atomic E-state index is 0.108. The third-order valence-corrected chi connectivity index (χ3v) is 5.09. The van der Waals surface area contributed by atoms with E-state index in [4.69, 9.17) is 14.5 Å². The topological polar surface area (TPSA) is 99.4 Å². The van der Waals surface area contributed by atoms with Crippen molar-refractivity contribution in [3.63, 3.8) is 0 Å². The molecule has 0 spiro atoms. The summed E-state index contributed by atoms with van der Waals surface area (Å²) in [6, 6.07) is 1.49. The molecule has 1 amide bonds. The second-order valence-electron chi connectivity index (χ2n) is 6.83. The number of aromatic nitrogens is 2. The zero-order valence-corrected chi connectivity index (χ0v) is 16.0. The number of carbonyl (C=O) groups excluding carboxylic acids is 1. The van der Waals surface area contributed by atoms with Crippen LogP contribution in [0, 0.1) is 5.21 Å². The molecule has 2 atom stereocenters. The van der Waals surface area contributed by atoms with Gasteiger partial charge in [0.15, 0.2) is 5.60 Å². The van der Waals surface area contributed by atoms with Gasteiger partial charge in [-0.2, -0.15) is 0 Å². The van der Waals surface area contributed by atoms with Gasteiger partial charge in [-0.05, 0) is 45.6 Å². The quantitative estimate of drug-likeness (QED) is 0.466. The Hall–Kier alpha value is -2.19. The van der Waals surface area contributed by atoms with Crippen LogP contribution < -0.4 is 15.4 Å². The fraction of sp³-hybridized carbons (Fsp3) is 0.632. The highest BCUT2D eigenvalue weighted by molar-refractivity contribution is 5.82. The van der Waals surface area contributed by atoms with Crippen LogP contribution in [0.3, 0.4) is 0 Å². The van der Waals surface area contributed by atoms with Crippen LogP contribution in [0.15, 0.2) is 18.2 Å². The summed E-state index contributed by atoms with van der Waals surface area (Å²) in [5, 5.41) is 19.0. The Morgan fingerprint density at radius 1 is 1.52 bits per heavy atom. The lowest BCUT2D eigenvalue weighted by molar-refractivity contribution is -0.613. The van der Waals surface area contributed by atoms with Crippen molar-refractivity contribution in [1.82, 2.24) is 10.3 Å². The van der Waals surface area contributed by atoms with Crippen molar-refractivity contribution in [2.75, 3.05) is 25.1 Å². The molecule has 0 aliphatic carbocycles. The highest BCUT2D eigenvalue weighted by Crippen LogP contribution is 2.36. The molecule has 1 saturated heterocycles. The van der Waals surface area contributed by atoms with E-state index in [9.17, 15) is 10.0 Å². The highest BCUT2D eigenvalue weighted by Gasteiger charge is 2.42. The maximum atomic E-state index is 13.1. The third-order valence-electron chi connectivity index (χ3n) is 5.09. The van der Waals surface area contributed by atoms with E-state index in [-0.39, 0.29) is 18.5 Å². The average Bonchev–Trinajstić information content (AvgIpc) is 2.71. The van der Waals surface area contributed by atoms with Crippen LogP contribution in [-0.2, 0) is 15.1 Å². The molecule has 3 rings (SSSR count). The SMILES string of the molecule is CCOC(=O)Nc1cc(C2C=CCCN2)nc(C2(CC)CCCCO2)[n+]1[O-]. The van der Waals surface area contributed by atoms with E-state index in [0.717, 1.165) is 32.2 Å². The molecule has 0 aromatic carbocycles. The van der Waals surface area contributed by atoms with Gasteiger partial charge in [-0.1, -0.05) is 19.1 Å². The van der Waals surface area contributed by atoms with Crippen molar-refractivity contribution >= 4 is 11.9 Å². The van der Waals surface area contributed by atoms with Gasteiger partial charge >= 0.3 is 6.09 Å². The maximum absolute atomic E-state index is 13.1. The average molecular weight is 376 g/mol. The van der Waals surface area contributed by atoms with Crippen molar-refractivity contribution in [2.24, 2.45) is 0 Å². The Morgan fingerprint density at radius 3 is 3.00 bits per heavy atom. The van der Waals surface area contributed by atoms with Crippen LogP contribution in [0.5, 0.6) is 0 Å². The Kier molecular flexibility index (Phi) is 6.28. The van der Waals surface area contributed by atoms with Gasteiger partial charge in [0, 0.05) is 6.61 Å². The Bertz CT molecular complexity index is 701. The summed E-state index contributed by atoms with van der Waals surface area (Å²) in [5.74, 6) is 0.408. The number of carbonyl (C=O) groups is 1. The monoisotopic (exact) mass is 376 g/mol. The molecule has 1 fully saturated rings. The molecule has 0 bridgehead atoms. The zero-order chi connectivity index (χ0) is 19.3. The number of amides is 1. The first kappa shape index (κ1) is 19.6. The molecule has 0 radical (unpaired) electrons. The van der Waals surface area contributed by atoms with Gasteiger partial charge < -0.3 is 20.0 Å². The molecule has 2 N–H and O–H groups in total. The summed E-state index contributed by atoms with van der Waals surface area (Å²) >= 11 is 0. The van der Waals surface area contributed by atoms with Gasteiger partial charge in [-0.3, -0.25) is 0 Å². The Labute approximate surface area is 159 Å². The number of anilines is 1. The first-order valence-electron chi connectivity index (χ1n) is 9.72. The molecule has 2 unspecified atom stereocenters. The van der Waals surface area contributed by atoms with Crippen LogP contribution in [0.1, 0.15) is 63.5 Å². The molecule has 2 aliphatic heterocycles. The van der Waals surface area contributed by atoms with Crippen LogP contribution in [0.25, 0.3) is 0 Å². The van der Waals surface area contributed by atoms with Gasteiger partial charge in [0.2, 0.25) is 5.82 Å². The maximum Gasteiger partial charge on any atom is 0.473 e. The van der Waals surface area contributed by atoms with Crippen LogP contribution in [0.4, 0.5) is 10.6 Å². The lowest BCUT2D eigenvalue weighted by Crippen LogP contribution is -2.49. The first-order chi connectivity index (χ1) is 13.1. The first-order valence-corrected chi connectivity index (χ1v) is 9.72. The number of hydrogen-bond acceptors (Lipinski definition) is 6. The smallest absolute Gasteiger partial charge is 0.473 e. The lowest BCUT2D eigenvalue weighted by Gasteiger charge is -2.35. The van der Waals surface area contributed by atoms with E-state index >= 15 is 0 Å². The highest BCUT2D eigenvalue weighted by atomic mass is 16.5. The van der Waals surface area contributed by atoms with Crippen molar-refractivity contribution < 1.29 is 19.0 Å². The van der Waals surface area contributed by atoms with E-state index < -0.39 is 11.7 Å². The number of ether oxygens (including phenoxy) is 2. The lowest BCUT2D eigenvalue weighted by atomic mass is 9.90. The van der Waals surface area contributed by atoms with Crippen LogP contribution >= 0.6 is 0 Å². The minimum Gasteiger partial charge on any atom is -0.740 e. The van der Waals surface area contributed by atoms with Crippen molar-refractivity contribution in [3.05, 3.63) is 34.9 Å². The molecular weight excluding hydrogens is 348 g/mol. The molecule has 3 heterocycles. The molecule has 8 heteroatoms. The Balaban J connectivity index is 2.05. The normalized spacial score (nSPS) is 25.2. The number of nitrogens with one attached hydrogen (secondary N) is 2. The van der Waals surface area contributed by atoms with Crippen molar-refractivity contribution in [2.45, 2.75) is 57.6 Å². The second kappa shape index (κ2) is 8.67. The number of hydrogen-bond donors (Lipinski definition) is 2. The van der Waals surface area contributed by atoms with E-state index in [0.29, 0.717) is 29.3 Å². The summed E-state index contributed by atoms with van der Waals surface area (Å²) in [4.78, 5) is 16.6. The molecule has 2 aliphatic rings. The Morgan fingerprint density at radius 2 is 2.37 bits per heavy atom. The largest absolute Gasteiger partial charge is 0.740 e. The fourth-order valence-corrected chi connectivity index (χ4v) is 3.61. The molecule has 27 heavy (non-hydrogen) atoms.